The number of hydrogen-bond acceptors (Lipinski definition) is 0. The van der Waals surface area contributed by atoms with Crippen molar-refractivity contribution < 1.29 is 0 Å². The highest BCUT2D eigenvalue weighted by Crippen LogP contribution is 2.43. The van der Waals surface area contributed by atoms with Crippen LogP contribution in [0.1, 0.15) is 176 Å². The van der Waals surface area contributed by atoms with Crippen molar-refractivity contribution >= 4 is 0 Å². The van der Waals surface area contributed by atoms with Crippen LogP contribution in [0.15, 0.2) is 0 Å². The molecule has 0 aliphatic carbocycles. The van der Waals surface area contributed by atoms with E-state index in [9.17, 15) is 0 Å². The Labute approximate surface area is 187 Å². The minimum absolute atomic E-state index is 0.629. The molecule has 0 spiro atoms. The maximum Gasteiger partial charge on any atom is -0.0277 e. The zero-order valence-corrected chi connectivity index (χ0v) is 21.6. The highest BCUT2D eigenvalue weighted by Gasteiger charge is 2.31. The molecule has 0 bridgehead atoms. The molecule has 0 aromatic heterocycles. The van der Waals surface area contributed by atoms with Crippen LogP contribution in [0.2, 0.25) is 0 Å². The maximum absolute atomic E-state index is 2.42. The van der Waals surface area contributed by atoms with E-state index in [1.807, 2.05) is 0 Å². The van der Waals surface area contributed by atoms with Gasteiger partial charge in [0.1, 0.15) is 0 Å². The normalized spacial score (nSPS) is 13.1. The van der Waals surface area contributed by atoms with Gasteiger partial charge in [-0.1, -0.05) is 169 Å². The molecule has 0 aromatic carbocycles. The van der Waals surface area contributed by atoms with Crippen LogP contribution >= 0.6 is 0 Å². The maximum atomic E-state index is 2.42. The Hall–Kier alpha value is 0. The molecular formula is C29H60. The Kier molecular flexibility index (Phi) is 21.2. The van der Waals surface area contributed by atoms with Gasteiger partial charge in [0, 0.05) is 0 Å². The van der Waals surface area contributed by atoms with Gasteiger partial charge in [0.2, 0.25) is 0 Å². The highest BCUT2D eigenvalue weighted by atomic mass is 14.4. The van der Waals surface area contributed by atoms with Gasteiger partial charge in [0.15, 0.2) is 0 Å². The van der Waals surface area contributed by atoms with Gasteiger partial charge < -0.3 is 0 Å². The average molecular weight is 409 g/mol. The highest BCUT2D eigenvalue weighted by molar-refractivity contribution is 4.82. The molecule has 0 saturated carbocycles. The zero-order chi connectivity index (χ0) is 21.6. The predicted octanol–water partition coefficient (Wildman–Crippen LogP) is 11.3. The lowest BCUT2D eigenvalue weighted by atomic mass is 9.66. The van der Waals surface area contributed by atoms with Crippen LogP contribution < -0.4 is 0 Å². The lowest BCUT2D eigenvalue weighted by molar-refractivity contribution is 0.118. The van der Waals surface area contributed by atoms with Crippen molar-refractivity contribution in [3.05, 3.63) is 0 Å². The fourth-order valence-corrected chi connectivity index (χ4v) is 5.67. The van der Waals surface area contributed by atoms with Crippen molar-refractivity contribution in [2.24, 2.45) is 11.3 Å². The molecule has 0 N–H and O–H groups in total. The van der Waals surface area contributed by atoms with Crippen LogP contribution in [0.5, 0.6) is 0 Å². The summed E-state index contributed by atoms with van der Waals surface area (Å²) in [5.41, 5.74) is 0.629. The smallest absolute Gasteiger partial charge is 0.0277 e. The van der Waals surface area contributed by atoms with E-state index in [1.165, 1.54) is 141 Å². The largest absolute Gasteiger partial charge is 0.0654 e. The standard InChI is InChI=1S/C29H60/c1-6-11-12-13-14-15-16-17-18-19-20-21-22-23-24-25-26-27-28(7-2)29(8-3,9-4)10-5/h28H,6-27H2,1-5H3. The van der Waals surface area contributed by atoms with E-state index in [0.717, 1.165) is 5.92 Å². The van der Waals surface area contributed by atoms with Crippen LogP contribution in [0.4, 0.5) is 0 Å². The van der Waals surface area contributed by atoms with Gasteiger partial charge >= 0.3 is 0 Å². The second-order valence-corrected chi connectivity index (χ2v) is 9.97. The van der Waals surface area contributed by atoms with Crippen LogP contribution in [0.25, 0.3) is 0 Å². The summed E-state index contributed by atoms with van der Waals surface area (Å²) < 4.78 is 0. The molecular weight excluding hydrogens is 348 g/mol. The fourth-order valence-electron chi connectivity index (χ4n) is 5.67. The number of rotatable bonds is 23. The Morgan fingerprint density at radius 2 is 0.724 bits per heavy atom. The molecule has 0 fully saturated rings. The predicted molar refractivity (Wildman–Crippen MR) is 136 cm³/mol. The molecule has 1 unspecified atom stereocenters. The Balaban J connectivity index is 3.43. The van der Waals surface area contributed by atoms with E-state index in [1.54, 1.807) is 0 Å². The fraction of sp³-hybridized carbons (Fsp3) is 1.00. The third-order valence-electron chi connectivity index (χ3n) is 8.13. The summed E-state index contributed by atoms with van der Waals surface area (Å²) in [6.07, 6.45) is 32.0. The number of unbranched alkanes of at least 4 members (excludes halogenated alkanes) is 16. The molecule has 0 heterocycles. The van der Waals surface area contributed by atoms with Gasteiger partial charge in [-0.3, -0.25) is 0 Å². The summed E-state index contributed by atoms with van der Waals surface area (Å²) in [6, 6.07) is 0. The summed E-state index contributed by atoms with van der Waals surface area (Å²) in [6.45, 7) is 12.0. The van der Waals surface area contributed by atoms with E-state index in [-0.39, 0.29) is 0 Å². The third kappa shape index (κ3) is 14.6. The second-order valence-electron chi connectivity index (χ2n) is 9.97. The first-order chi connectivity index (χ1) is 14.2. The summed E-state index contributed by atoms with van der Waals surface area (Å²) in [7, 11) is 0. The van der Waals surface area contributed by atoms with Gasteiger partial charge in [-0.25, -0.2) is 0 Å². The first-order valence-electron chi connectivity index (χ1n) is 14.2. The van der Waals surface area contributed by atoms with Crippen molar-refractivity contribution in [2.75, 3.05) is 0 Å². The summed E-state index contributed by atoms with van der Waals surface area (Å²) in [5, 5.41) is 0. The van der Waals surface area contributed by atoms with Crippen molar-refractivity contribution in [3.8, 4) is 0 Å². The van der Waals surface area contributed by atoms with Gasteiger partial charge in [0.05, 0.1) is 0 Å². The Bertz CT molecular complexity index is 293. The van der Waals surface area contributed by atoms with Crippen LogP contribution in [-0.2, 0) is 0 Å². The average Bonchev–Trinajstić information content (AvgIpc) is 2.75. The molecule has 1 atom stereocenters. The lowest BCUT2D eigenvalue weighted by Crippen LogP contribution is -2.28. The Morgan fingerprint density at radius 1 is 0.414 bits per heavy atom. The molecule has 29 heavy (non-hydrogen) atoms. The van der Waals surface area contributed by atoms with Crippen molar-refractivity contribution in [2.45, 2.75) is 176 Å². The molecule has 0 aliphatic rings. The monoisotopic (exact) mass is 408 g/mol. The molecule has 0 nitrogen and oxygen atoms in total. The summed E-state index contributed by atoms with van der Waals surface area (Å²) in [5.74, 6) is 0.957. The topological polar surface area (TPSA) is 0 Å². The quantitative estimate of drug-likeness (QED) is 0.147. The van der Waals surface area contributed by atoms with Gasteiger partial charge in [-0.15, -0.1) is 0 Å². The summed E-state index contributed by atoms with van der Waals surface area (Å²) >= 11 is 0. The Morgan fingerprint density at radius 3 is 1.00 bits per heavy atom. The molecule has 0 radical (unpaired) electrons. The molecule has 176 valence electrons. The van der Waals surface area contributed by atoms with Gasteiger partial charge in [0.25, 0.3) is 0 Å². The molecule has 0 aliphatic heterocycles. The van der Waals surface area contributed by atoms with Crippen LogP contribution in [-0.4, -0.2) is 0 Å². The van der Waals surface area contributed by atoms with E-state index < -0.39 is 0 Å². The minimum Gasteiger partial charge on any atom is -0.0654 e. The minimum atomic E-state index is 0.629. The van der Waals surface area contributed by atoms with Gasteiger partial charge in [-0.05, 0) is 17.8 Å². The SMILES string of the molecule is CCCCCCCCCCCCCCCCCCCC(CC)C(CC)(CC)CC. The number of hydrogen-bond donors (Lipinski definition) is 0. The lowest BCUT2D eigenvalue weighted by Gasteiger charge is -2.39. The second kappa shape index (κ2) is 21.2. The van der Waals surface area contributed by atoms with Crippen molar-refractivity contribution in [1.82, 2.24) is 0 Å². The van der Waals surface area contributed by atoms with E-state index >= 15 is 0 Å². The molecule has 0 rings (SSSR count). The van der Waals surface area contributed by atoms with E-state index in [2.05, 4.69) is 34.6 Å². The summed E-state index contributed by atoms with van der Waals surface area (Å²) in [4.78, 5) is 0. The van der Waals surface area contributed by atoms with Crippen molar-refractivity contribution in [1.29, 1.82) is 0 Å². The molecule has 0 aromatic rings. The molecule has 0 heteroatoms. The first-order valence-corrected chi connectivity index (χ1v) is 14.2. The van der Waals surface area contributed by atoms with Crippen LogP contribution in [0.3, 0.4) is 0 Å². The molecule has 0 saturated heterocycles. The van der Waals surface area contributed by atoms with Crippen molar-refractivity contribution in [3.63, 3.8) is 0 Å². The third-order valence-corrected chi connectivity index (χ3v) is 8.13. The zero-order valence-electron chi connectivity index (χ0n) is 21.6. The van der Waals surface area contributed by atoms with Crippen LogP contribution in [0, 0.1) is 11.3 Å². The first kappa shape index (κ1) is 29.0. The van der Waals surface area contributed by atoms with E-state index in [0.29, 0.717) is 5.41 Å². The van der Waals surface area contributed by atoms with E-state index in [4.69, 9.17) is 0 Å². The van der Waals surface area contributed by atoms with Gasteiger partial charge in [-0.2, -0.15) is 0 Å². The molecule has 0 amide bonds.